The van der Waals surface area contributed by atoms with Crippen molar-refractivity contribution in [2.45, 2.75) is 20.0 Å². The minimum atomic E-state index is 0.132. The van der Waals surface area contributed by atoms with Gasteiger partial charge in [0.2, 0.25) is 0 Å². The fourth-order valence-electron chi connectivity index (χ4n) is 1.36. The summed E-state index contributed by atoms with van der Waals surface area (Å²) in [6.07, 6.45) is 1.87. The van der Waals surface area contributed by atoms with Crippen LogP contribution < -0.4 is 10.1 Å². The molecule has 1 aromatic heterocycles. The topological polar surface area (TPSA) is 52.6 Å². The molecule has 1 heterocycles. The molecule has 0 radical (unpaired) electrons. The van der Waals surface area contributed by atoms with E-state index in [4.69, 9.17) is 14.2 Å². The molecule has 0 aliphatic rings. The summed E-state index contributed by atoms with van der Waals surface area (Å²) in [6, 6.07) is 3.76. The van der Waals surface area contributed by atoms with Gasteiger partial charge in [-0.2, -0.15) is 0 Å². The molecule has 1 aromatic rings. The fourth-order valence-corrected chi connectivity index (χ4v) is 1.36. The van der Waals surface area contributed by atoms with Gasteiger partial charge in [-0.3, -0.25) is 0 Å². The molecule has 102 valence electrons. The highest BCUT2D eigenvalue weighted by atomic mass is 16.5. The second-order valence-electron chi connectivity index (χ2n) is 4.05. The number of ether oxygens (including phenoxy) is 3. The first-order chi connectivity index (χ1) is 8.74. The monoisotopic (exact) mass is 254 g/mol. The van der Waals surface area contributed by atoms with E-state index < -0.39 is 0 Å². The van der Waals surface area contributed by atoms with Crippen molar-refractivity contribution < 1.29 is 14.2 Å². The summed E-state index contributed by atoms with van der Waals surface area (Å²) in [5, 5.41) is 3.19. The van der Waals surface area contributed by atoms with Crippen molar-refractivity contribution in [2.75, 3.05) is 38.8 Å². The summed E-state index contributed by atoms with van der Waals surface area (Å²) in [7, 11) is 1.66. The van der Waals surface area contributed by atoms with Crippen LogP contribution in [-0.2, 0) is 9.47 Å². The molecule has 0 fully saturated rings. The minimum absolute atomic E-state index is 0.132. The highest BCUT2D eigenvalue weighted by Gasteiger charge is 2.05. The van der Waals surface area contributed by atoms with E-state index in [0.717, 1.165) is 11.6 Å². The summed E-state index contributed by atoms with van der Waals surface area (Å²) in [5.41, 5.74) is 0. The van der Waals surface area contributed by atoms with E-state index in [0.29, 0.717) is 26.4 Å². The van der Waals surface area contributed by atoms with E-state index in [-0.39, 0.29) is 6.10 Å². The Balaban J connectivity index is 2.32. The number of nitrogens with zero attached hydrogens (tertiary/aromatic N) is 1. The van der Waals surface area contributed by atoms with Crippen LogP contribution in [0.25, 0.3) is 0 Å². The van der Waals surface area contributed by atoms with Gasteiger partial charge in [-0.25, -0.2) is 4.98 Å². The number of nitrogens with one attached hydrogen (secondary N) is 1. The highest BCUT2D eigenvalue weighted by molar-refractivity contribution is 5.49. The largest absolute Gasteiger partial charge is 0.487 e. The van der Waals surface area contributed by atoms with Gasteiger partial charge in [0.25, 0.3) is 0 Å². The van der Waals surface area contributed by atoms with Crippen molar-refractivity contribution >= 4 is 5.82 Å². The molecule has 0 spiro atoms. The molecule has 0 saturated carbocycles. The predicted octanol–water partition coefficient (Wildman–Crippen LogP) is 1.94. The Bertz CT molecular complexity index is 332. The third-order valence-electron chi connectivity index (χ3n) is 2.10. The van der Waals surface area contributed by atoms with Gasteiger partial charge in [-0.15, -0.1) is 0 Å². The van der Waals surface area contributed by atoms with Crippen LogP contribution in [0.5, 0.6) is 5.75 Å². The van der Waals surface area contributed by atoms with Crippen molar-refractivity contribution in [3.05, 3.63) is 18.3 Å². The normalized spacial score (nSPS) is 10.7. The van der Waals surface area contributed by atoms with Gasteiger partial charge in [0, 0.05) is 19.9 Å². The zero-order valence-electron chi connectivity index (χ0n) is 11.3. The third kappa shape index (κ3) is 5.84. The highest BCUT2D eigenvalue weighted by Crippen LogP contribution is 2.21. The van der Waals surface area contributed by atoms with Crippen LogP contribution in [0.2, 0.25) is 0 Å². The maximum atomic E-state index is 5.66. The van der Waals surface area contributed by atoms with Gasteiger partial charge in [-0.1, -0.05) is 0 Å². The van der Waals surface area contributed by atoms with Gasteiger partial charge in [0.15, 0.2) is 11.6 Å². The van der Waals surface area contributed by atoms with E-state index >= 15 is 0 Å². The first kappa shape index (κ1) is 14.7. The van der Waals surface area contributed by atoms with Crippen LogP contribution in [0.1, 0.15) is 13.8 Å². The minimum Gasteiger partial charge on any atom is -0.487 e. The number of anilines is 1. The SMILES string of the molecule is COCCOCCNc1ncccc1OC(C)C. The van der Waals surface area contributed by atoms with Crippen molar-refractivity contribution in [1.29, 1.82) is 0 Å². The number of rotatable bonds is 9. The van der Waals surface area contributed by atoms with Crippen molar-refractivity contribution in [3.8, 4) is 5.75 Å². The summed E-state index contributed by atoms with van der Waals surface area (Å²) in [4.78, 5) is 4.25. The maximum absolute atomic E-state index is 5.66. The molecular weight excluding hydrogens is 232 g/mol. The van der Waals surface area contributed by atoms with Crippen molar-refractivity contribution in [2.24, 2.45) is 0 Å². The van der Waals surface area contributed by atoms with Crippen LogP contribution in [0.4, 0.5) is 5.82 Å². The van der Waals surface area contributed by atoms with Crippen LogP contribution >= 0.6 is 0 Å². The first-order valence-electron chi connectivity index (χ1n) is 6.16. The Hall–Kier alpha value is -1.33. The van der Waals surface area contributed by atoms with E-state index in [2.05, 4.69) is 10.3 Å². The molecule has 0 bridgehead atoms. The second kappa shape index (κ2) is 8.72. The summed E-state index contributed by atoms with van der Waals surface area (Å²) < 4.78 is 15.9. The second-order valence-corrected chi connectivity index (χ2v) is 4.05. The smallest absolute Gasteiger partial charge is 0.168 e. The molecule has 5 heteroatoms. The van der Waals surface area contributed by atoms with E-state index in [1.165, 1.54) is 0 Å². The molecule has 5 nitrogen and oxygen atoms in total. The van der Waals surface area contributed by atoms with Crippen LogP contribution in [0, 0.1) is 0 Å². The average molecular weight is 254 g/mol. The zero-order valence-corrected chi connectivity index (χ0v) is 11.3. The van der Waals surface area contributed by atoms with Gasteiger partial charge in [0.1, 0.15) is 0 Å². The van der Waals surface area contributed by atoms with E-state index in [1.54, 1.807) is 13.3 Å². The third-order valence-corrected chi connectivity index (χ3v) is 2.10. The Morgan fingerprint density at radius 3 is 2.83 bits per heavy atom. The maximum Gasteiger partial charge on any atom is 0.168 e. The Labute approximate surface area is 108 Å². The van der Waals surface area contributed by atoms with Crippen LogP contribution in [0.3, 0.4) is 0 Å². The lowest BCUT2D eigenvalue weighted by Crippen LogP contribution is -2.14. The number of pyridine rings is 1. The molecule has 1 rings (SSSR count). The van der Waals surface area contributed by atoms with Gasteiger partial charge in [0.05, 0.1) is 25.9 Å². The van der Waals surface area contributed by atoms with E-state index in [1.807, 2.05) is 26.0 Å². The molecule has 0 amide bonds. The average Bonchev–Trinajstić information content (AvgIpc) is 2.35. The molecule has 0 aliphatic heterocycles. The van der Waals surface area contributed by atoms with Crippen molar-refractivity contribution in [1.82, 2.24) is 4.98 Å². The number of hydrogen-bond donors (Lipinski definition) is 1. The lowest BCUT2D eigenvalue weighted by molar-refractivity contribution is 0.0759. The molecule has 0 atom stereocenters. The lowest BCUT2D eigenvalue weighted by Gasteiger charge is -2.14. The Morgan fingerprint density at radius 1 is 1.28 bits per heavy atom. The number of methoxy groups -OCH3 is 1. The Kier molecular flexibility index (Phi) is 7.13. The molecular formula is C13H22N2O3. The van der Waals surface area contributed by atoms with Crippen LogP contribution in [-0.4, -0.2) is 44.6 Å². The van der Waals surface area contributed by atoms with E-state index in [9.17, 15) is 0 Å². The standard InChI is InChI=1S/C13H22N2O3/c1-11(2)18-12-5-4-6-14-13(12)15-7-8-17-10-9-16-3/h4-6,11H,7-10H2,1-3H3,(H,14,15). The zero-order chi connectivity index (χ0) is 13.2. The van der Waals surface area contributed by atoms with Crippen LogP contribution in [0.15, 0.2) is 18.3 Å². The first-order valence-corrected chi connectivity index (χ1v) is 6.16. The molecule has 0 unspecified atom stereocenters. The van der Waals surface area contributed by atoms with Gasteiger partial charge in [-0.05, 0) is 26.0 Å². The van der Waals surface area contributed by atoms with Gasteiger partial charge < -0.3 is 19.5 Å². The molecule has 1 N–H and O–H groups in total. The van der Waals surface area contributed by atoms with Gasteiger partial charge >= 0.3 is 0 Å². The lowest BCUT2D eigenvalue weighted by atomic mass is 10.4. The number of aromatic nitrogens is 1. The quantitative estimate of drug-likeness (QED) is 0.683. The predicted molar refractivity (Wildman–Crippen MR) is 71.2 cm³/mol. The molecule has 0 aromatic carbocycles. The fraction of sp³-hybridized carbons (Fsp3) is 0.615. The molecule has 18 heavy (non-hydrogen) atoms. The summed E-state index contributed by atoms with van der Waals surface area (Å²) >= 11 is 0. The number of hydrogen-bond acceptors (Lipinski definition) is 5. The summed E-state index contributed by atoms with van der Waals surface area (Å²) in [5.74, 6) is 1.52. The van der Waals surface area contributed by atoms with Crippen molar-refractivity contribution in [3.63, 3.8) is 0 Å². The summed E-state index contributed by atoms with van der Waals surface area (Å²) in [6.45, 7) is 6.51. The Morgan fingerprint density at radius 2 is 2.11 bits per heavy atom. The molecule has 0 aliphatic carbocycles. The molecule has 0 saturated heterocycles.